The van der Waals surface area contributed by atoms with Crippen LogP contribution in [0.2, 0.25) is 0 Å². The SMILES string of the molecule is Cc1cc(-n2c3ccc(-c4ccccc4)cc3c3cc(-c4ccccc4)c(Oc4cccc(N5CN(c6c(-c7ccc(C(C)(C)C)cc7)cccc6-c6cccc(-c7ccccc7)c6)c6ccccc65)c4)cc32)ncc1-c1ccccc1. The number of hydrogen-bond donors (Lipinski definition) is 0. The maximum Gasteiger partial charge on any atom is 0.137 e. The Balaban J connectivity index is 0.892. The molecule has 0 N–H and O–H groups in total. The Morgan fingerprint density at radius 1 is 0.390 bits per heavy atom. The highest BCUT2D eigenvalue weighted by molar-refractivity contribution is 6.12. The fourth-order valence-electron chi connectivity index (χ4n) is 12.0. The van der Waals surface area contributed by atoms with Gasteiger partial charge in [-0.3, -0.25) is 4.57 Å². The summed E-state index contributed by atoms with van der Waals surface area (Å²) in [5, 5.41) is 2.26. The largest absolute Gasteiger partial charge is 0.457 e. The van der Waals surface area contributed by atoms with Crippen LogP contribution in [0.1, 0.15) is 31.9 Å². The molecule has 3 heterocycles. The van der Waals surface area contributed by atoms with Gasteiger partial charge >= 0.3 is 0 Å². The Labute approximate surface area is 480 Å². The van der Waals surface area contributed by atoms with Crippen LogP contribution in [0.25, 0.3) is 94.4 Å². The molecule has 5 heteroatoms. The molecule has 14 rings (SSSR count). The van der Waals surface area contributed by atoms with Crippen LogP contribution in [0.15, 0.2) is 279 Å². The molecule has 5 nitrogen and oxygen atoms in total. The van der Waals surface area contributed by atoms with Gasteiger partial charge in [-0.1, -0.05) is 227 Å². The molecular formula is C77H60N4O. The van der Waals surface area contributed by atoms with Crippen molar-refractivity contribution in [2.45, 2.75) is 33.1 Å². The minimum Gasteiger partial charge on any atom is -0.457 e. The number of pyridine rings is 1. The summed E-state index contributed by atoms with van der Waals surface area (Å²) >= 11 is 0. The summed E-state index contributed by atoms with van der Waals surface area (Å²) in [6.45, 7) is 9.58. The first-order valence-electron chi connectivity index (χ1n) is 28.3. The standard InChI is InChI=1S/C77H60N4O/c1-52-44-75(78-50-69(52)56-28-15-8-16-29-56)81-70-43-40-59(54-24-11-6-12-25-54)46-67(70)68-48-66(55-26-13-7-14-27-55)74(49-73(68)81)82-63-33-20-32-62(47-63)79-51-80(72-37-18-17-36-71(72)79)76-64(57-38-41-61(42-39-57)77(2,3)4)34-21-35-65(76)60-31-19-30-58(45-60)53-22-9-5-10-23-53/h5-50H,51H2,1-4H3. The van der Waals surface area contributed by atoms with Crippen LogP contribution < -0.4 is 14.5 Å². The number of para-hydroxylation sites is 3. The summed E-state index contributed by atoms with van der Waals surface area (Å²) in [6, 6.07) is 98.3. The predicted molar refractivity (Wildman–Crippen MR) is 343 cm³/mol. The van der Waals surface area contributed by atoms with E-state index >= 15 is 0 Å². The summed E-state index contributed by atoms with van der Waals surface area (Å²) in [5.74, 6) is 2.33. The Morgan fingerprint density at radius 3 is 1.57 bits per heavy atom. The van der Waals surface area contributed by atoms with Gasteiger partial charge in [0.05, 0.1) is 28.1 Å². The Kier molecular flexibility index (Phi) is 12.7. The topological polar surface area (TPSA) is 33.5 Å². The normalized spacial score (nSPS) is 12.3. The van der Waals surface area contributed by atoms with Gasteiger partial charge in [-0.25, -0.2) is 4.98 Å². The fourth-order valence-corrected chi connectivity index (χ4v) is 12.0. The second-order valence-corrected chi connectivity index (χ2v) is 22.4. The maximum atomic E-state index is 7.31. The molecule has 0 unspecified atom stereocenters. The van der Waals surface area contributed by atoms with Gasteiger partial charge in [-0.05, 0) is 123 Å². The minimum absolute atomic E-state index is 0.0311. The number of fused-ring (bicyclic) bond motifs is 4. The zero-order chi connectivity index (χ0) is 55.3. The quantitative estimate of drug-likeness (QED) is 0.129. The van der Waals surface area contributed by atoms with Gasteiger partial charge in [0.1, 0.15) is 24.0 Å². The van der Waals surface area contributed by atoms with Crippen LogP contribution in [0.5, 0.6) is 11.5 Å². The van der Waals surface area contributed by atoms with Crippen LogP contribution in [0.3, 0.4) is 0 Å². The van der Waals surface area contributed by atoms with Crippen LogP contribution in [0.4, 0.5) is 22.7 Å². The van der Waals surface area contributed by atoms with Gasteiger partial charge in [0.15, 0.2) is 0 Å². The number of anilines is 4. The van der Waals surface area contributed by atoms with Crippen molar-refractivity contribution in [3.63, 3.8) is 0 Å². The first-order valence-corrected chi connectivity index (χ1v) is 28.3. The minimum atomic E-state index is 0.0311. The van der Waals surface area contributed by atoms with Crippen LogP contribution in [0, 0.1) is 6.92 Å². The second-order valence-electron chi connectivity index (χ2n) is 22.4. The van der Waals surface area contributed by atoms with Crippen molar-refractivity contribution >= 4 is 44.6 Å². The average Bonchev–Trinajstić information content (AvgIpc) is 4.26. The summed E-state index contributed by atoms with van der Waals surface area (Å²) in [5.41, 5.74) is 22.7. The molecular weight excluding hydrogens is 997 g/mol. The van der Waals surface area contributed by atoms with E-state index in [2.05, 4.69) is 315 Å². The van der Waals surface area contributed by atoms with Crippen molar-refractivity contribution < 1.29 is 4.74 Å². The average molecular weight is 1060 g/mol. The third kappa shape index (κ3) is 9.26. The third-order valence-corrected chi connectivity index (χ3v) is 16.2. The van der Waals surface area contributed by atoms with E-state index in [4.69, 9.17) is 9.72 Å². The van der Waals surface area contributed by atoms with Crippen molar-refractivity contribution in [1.82, 2.24) is 9.55 Å². The van der Waals surface area contributed by atoms with E-state index in [-0.39, 0.29) is 5.41 Å². The molecule has 0 amide bonds. The third-order valence-electron chi connectivity index (χ3n) is 16.2. The number of benzene rings is 11. The van der Waals surface area contributed by atoms with Gasteiger partial charge in [-0.2, -0.15) is 0 Å². The number of rotatable bonds is 11. The van der Waals surface area contributed by atoms with E-state index in [0.717, 1.165) is 101 Å². The fraction of sp³-hybridized carbons (Fsp3) is 0.0779. The number of aromatic nitrogens is 2. The number of hydrogen-bond acceptors (Lipinski definition) is 4. The first-order chi connectivity index (χ1) is 40.2. The Morgan fingerprint density at radius 2 is 0.915 bits per heavy atom. The number of aryl methyl sites for hydroxylation is 1. The van der Waals surface area contributed by atoms with Crippen molar-refractivity contribution in [3.05, 3.63) is 290 Å². The molecule has 0 atom stereocenters. The van der Waals surface area contributed by atoms with Gasteiger partial charge in [0, 0.05) is 57.0 Å². The van der Waals surface area contributed by atoms with Crippen molar-refractivity contribution in [3.8, 4) is 84.1 Å². The van der Waals surface area contributed by atoms with E-state index in [1.54, 1.807) is 0 Å². The van der Waals surface area contributed by atoms with E-state index in [1.807, 2.05) is 6.20 Å². The van der Waals surface area contributed by atoms with Gasteiger partial charge in [-0.15, -0.1) is 0 Å². The zero-order valence-electron chi connectivity index (χ0n) is 46.5. The van der Waals surface area contributed by atoms with Crippen LogP contribution in [-0.2, 0) is 5.41 Å². The smallest absolute Gasteiger partial charge is 0.137 e. The van der Waals surface area contributed by atoms with Crippen molar-refractivity contribution in [1.29, 1.82) is 0 Å². The monoisotopic (exact) mass is 1060 g/mol. The molecule has 1 aliphatic rings. The molecule has 0 radical (unpaired) electrons. The lowest BCUT2D eigenvalue weighted by molar-refractivity contribution is 0.485. The van der Waals surface area contributed by atoms with Crippen molar-refractivity contribution in [2.75, 3.05) is 16.5 Å². The lowest BCUT2D eigenvalue weighted by atomic mass is 9.85. The predicted octanol–water partition coefficient (Wildman–Crippen LogP) is 20.8. The lowest BCUT2D eigenvalue weighted by Gasteiger charge is -2.28. The van der Waals surface area contributed by atoms with Crippen LogP contribution >= 0.6 is 0 Å². The summed E-state index contributed by atoms with van der Waals surface area (Å²) in [6.07, 6.45) is 2.02. The molecule has 0 aliphatic carbocycles. The number of nitrogens with zero attached hydrogens (tertiary/aromatic N) is 4. The van der Waals surface area contributed by atoms with Gasteiger partial charge < -0.3 is 14.5 Å². The van der Waals surface area contributed by atoms with Crippen LogP contribution in [-0.4, -0.2) is 16.2 Å². The number of ether oxygens (including phenoxy) is 1. The molecule has 2 aromatic heterocycles. The molecule has 0 saturated carbocycles. The summed E-state index contributed by atoms with van der Waals surface area (Å²) in [7, 11) is 0. The summed E-state index contributed by atoms with van der Waals surface area (Å²) < 4.78 is 9.62. The Hall–Kier alpha value is -10.2. The molecule has 0 spiro atoms. The molecule has 11 aromatic carbocycles. The molecule has 0 bridgehead atoms. The second kappa shape index (κ2) is 20.8. The molecule has 82 heavy (non-hydrogen) atoms. The highest BCUT2D eigenvalue weighted by Gasteiger charge is 2.32. The van der Waals surface area contributed by atoms with Crippen molar-refractivity contribution in [2.24, 2.45) is 0 Å². The van der Waals surface area contributed by atoms with Gasteiger partial charge in [0.2, 0.25) is 0 Å². The van der Waals surface area contributed by atoms with E-state index in [1.165, 1.54) is 38.9 Å². The molecule has 0 saturated heterocycles. The molecule has 394 valence electrons. The first kappa shape index (κ1) is 50.0. The van der Waals surface area contributed by atoms with E-state index < -0.39 is 0 Å². The van der Waals surface area contributed by atoms with E-state index in [9.17, 15) is 0 Å². The lowest BCUT2D eigenvalue weighted by Crippen LogP contribution is -2.25. The highest BCUT2D eigenvalue weighted by atomic mass is 16.5. The summed E-state index contributed by atoms with van der Waals surface area (Å²) in [4.78, 5) is 10.1. The highest BCUT2D eigenvalue weighted by Crippen LogP contribution is 2.51. The zero-order valence-corrected chi connectivity index (χ0v) is 46.5. The van der Waals surface area contributed by atoms with E-state index in [0.29, 0.717) is 6.67 Å². The Bertz CT molecular complexity index is 4490. The molecule has 0 fully saturated rings. The molecule has 1 aliphatic heterocycles. The maximum absolute atomic E-state index is 7.31. The van der Waals surface area contributed by atoms with Gasteiger partial charge in [0.25, 0.3) is 0 Å². The molecule has 13 aromatic rings.